The summed E-state index contributed by atoms with van der Waals surface area (Å²) < 4.78 is 16.4. The summed E-state index contributed by atoms with van der Waals surface area (Å²) in [6.07, 6.45) is 3.49. The van der Waals surface area contributed by atoms with Crippen molar-refractivity contribution in [1.29, 1.82) is 0 Å². The number of hydrogen-bond acceptors (Lipinski definition) is 2. The van der Waals surface area contributed by atoms with Crippen molar-refractivity contribution in [3.8, 4) is 5.69 Å². The Bertz CT molecular complexity index is 862. The topological polar surface area (TPSA) is 46.9 Å². The van der Waals surface area contributed by atoms with Gasteiger partial charge in [0.1, 0.15) is 10.4 Å². The number of carbonyl (C=O) groups is 1. The maximum atomic E-state index is 14.2. The van der Waals surface area contributed by atoms with E-state index in [0.717, 1.165) is 5.69 Å². The highest BCUT2D eigenvalue weighted by Crippen LogP contribution is 2.22. The highest BCUT2D eigenvalue weighted by Gasteiger charge is 2.12. The number of pyridine rings is 1. The van der Waals surface area contributed by atoms with Crippen molar-refractivity contribution in [1.82, 2.24) is 9.55 Å². The van der Waals surface area contributed by atoms with Crippen molar-refractivity contribution >= 4 is 27.5 Å². The molecule has 1 aromatic carbocycles. The van der Waals surface area contributed by atoms with E-state index in [0.29, 0.717) is 16.0 Å². The second-order valence-corrected chi connectivity index (χ2v) is 5.75. The molecular formula is C17H13BrFN3O. The van der Waals surface area contributed by atoms with Gasteiger partial charge in [-0.3, -0.25) is 4.79 Å². The first-order valence-electron chi connectivity index (χ1n) is 6.92. The first kappa shape index (κ1) is 15.4. The van der Waals surface area contributed by atoms with Crippen molar-refractivity contribution < 1.29 is 9.18 Å². The molecule has 4 nitrogen and oxygen atoms in total. The van der Waals surface area contributed by atoms with Crippen LogP contribution < -0.4 is 5.32 Å². The molecule has 0 radical (unpaired) electrons. The van der Waals surface area contributed by atoms with Gasteiger partial charge < -0.3 is 9.88 Å². The van der Waals surface area contributed by atoms with Crippen LogP contribution in [0.4, 0.5) is 10.1 Å². The Hall–Kier alpha value is -2.47. The Kier molecular flexibility index (Phi) is 4.25. The van der Waals surface area contributed by atoms with Crippen LogP contribution in [0.3, 0.4) is 0 Å². The van der Waals surface area contributed by atoms with Gasteiger partial charge in [-0.05, 0) is 65.3 Å². The molecule has 1 amide bonds. The lowest BCUT2D eigenvalue weighted by molar-refractivity contribution is 0.102. The van der Waals surface area contributed by atoms with E-state index in [1.54, 1.807) is 41.2 Å². The van der Waals surface area contributed by atoms with Gasteiger partial charge in [-0.1, -0.05) is 0 Å². The molecule has 2 aromatic heterocycles. The molecule has 0 saturated carbocycles. The predicted octanol–water partition coefficient (Wildman–Crippen LogP) is 4.33. The van der Waals surface area contributed by atoms with E-state index < -0.39 is 11.7 Å². The number of anilines is 1. The molecule has 0 spiro atoms. The molecule has 0 atom stereocenters. The van der Waals surface area contributed by atoms with Gasteiger partial charge in [0, 0.05) is 23.7 Å². The molecule has 3 aromatic rings. The summed E-state index contributed by atoms with van der Waals surface area (Å²) >= 11 is 3.30. The molecule has 0 saturated heterocycles. The number of carbonyl (C=O) groups excluding carboxylic acids is 1. The lowest BCUT2D eigenvalue weighted by Gasteiger charge is -2.09. The fourth-order valence-corrected chi connectivity index (χ4v) is 2.68. The molecule has 0 unspecified atom stereocenters. The lowest BCUT2D eigenvalue weighted by Crippen LogP contribution is -2.13. The van der Waals surface area contributed by atoms with Gasteiger partial charge in [0.25, 0.3) is 5.91 Å². The fraction of sp³-hybridized carbons (Fsp3) is 0.0588. The number of benzene rings is 1. The maximum absolute atomic E-state index is 14.2. The molecule has 0 aliphatic rings. The number of aryl methyl sites for hydroxylation is 1. The summed E-state index contributed by atoms with van der Waals surface area (Å²) in [7, 11) is 0. The third-order valence-electron chi connectivity index (χ3n) is 3.33. The van der Waals surface area contributed by atoms with E-state index in [2.05, 4.69) is 26.2 Å². The number of aromatic nitrogens is 2. The van der Waals surface area contributed by atoms with E-state index in [4.69, 9.17) is 0 Å². The molecule has 0 aliphatic carbocycles. The maximum Gasteiger partial charge on any atom is 0.255 e. The molecule has 3 rings (SSSR count). The molecule has 6 heteroatoms. The Morgan fingerprint density at radius 3 is 2.61 bits per heavy atom. The second-order valence-electron chi connectivity index (χ2n) is 5.00. The minimum absolute atomic E-state index is 0.242. The van der Waals surface area contributed by atoms with E-state index in [9.17, 15) is 9.18 Å². The zero-order valence-electron chi connectivity index (χ0n) is 12.3. The van der Waals surface area contributed by atoms with Crippen molar-refractivity contribution in [2.45, 2.75) is 6.92 Å². The van der Waals surface area contributed by atoms with Gasteiger partial charge >= 0.3 is 0 Å². The average molecular weight is 374 g/mol. The average Bonchev–Trinajstić information content (AvgIpc) is 3.04. The first-order valence-corrected chi connectivity index (χ1v) is 7.71. The summed E-state index contributed by atoms with van der Waals surface area (Å²) in [6, 6.07) is 11.5. The zero-order valence-corrected chi connectivity index (χ0v) is 13.8. The smallest absolute Gasteiger partial charge is 0.255 e. The molecule has 0 aliphatic heterocycles. The molecule has 116 valence electrons. The van der Waals surface area contributed by atoms with Crippen LogP contribution in [0.2, 0.25) is 0 Å². The minimum Gasteiger partial charge on any atom is -0.321 e. The van der Waals surface area contributed by atoms with E-state index in [1.807, 2.05) is 19.1 Å². The van der Waals surface area contributed by atoms with Crippen LogP contribution in [0.25, 0.3) is 5.69 Å². The van der Waals surface area contributed by atoms with Crippen LogP contribution in [0, 0.1) is 12.7 Å². The SMILES string of the molecule is Cc1ccc(NC(=O)c2ccc(-n3cccc3)c(F)c2)c(Br)n1. The minimum atomic E-state index is -0.463. The highest BCUT2D eigenvalue weighted by atomic mass is 79.9. The third kappa shape index (κ3) is 3.32. The molecular weight excluding hydrogens is 361 g/mol. The van der Waals surface area contributed by atoms with Crippen LogP contribution in [0.5, 0.6) is 0 Å². The van der Waals surface area contributed by atoms with Gasteiger partial charge in [-0.2, -0.15) is 0 Å². The van der Waals surface area contributed by atoms with Crippen molar-refractivity contribution in [3.63, 3.8) is 0 Å². The number of nitrogens with zero attached hydrogens (tertiary/aromatic N) is 2. The Morgan fingerprint density at radius 2 is 1.96 bits per heavy atom. The summed E-state index contributed by atoms with van der Waals surface area (Å²) in [6.45, 7) is 1.85. The second kappa shape index (κ2) is 6.34. The summed E-state index contributed by atoms with van der Waals surface area (Å²) in [5.41, 5.74) is 2.00. The number of nitrogens with one attached hydrogen (secondary N) is 1. The lowest BCUT2D eigenvalue weighted by atomic mass is 10.1. The van der Waals surface area contributed by atoms with Gasteiger partial charge in [-0.15, -0.1) is 0 Å². The number of amides is 1. The predicted molar refractivity (Wildman–Crippen MR) is 90.4 cm³/mol. The first-order chi connectivity index (χ1) is 11.0. The quantitative estimate of drug-likeness (QED) is 0.694. The van der Waals surface area contributed by atoms with Crippen LogP contribution >= 0.6 is 15.9 Å². The van der Waals surface area contributed by atoms with Crippen molar-refractivity contribution in [2.24, 2.45) is 0 Å². The number of hydrogen-bond donors (Lipinski definition) is 1. The van der Waals surface area contributed by atoms with Gasteiger partial charge in [0.05, 0.1) is 11.4 Å². The molecule has 0 fully saturated rings. The summed E-state index contributed by atoms with van der Waals surface area (Å²) in [5.74, 6) is -0.857. The van der Waals surface area contributed by atoms with Gasteiger partial charge in [0.2, 0.25) is 0 Å². The molecule has 2 heterocycles. The Balaban J connectivity index is 1.84. The Labute approximate surface area is 141 Å². The van der Waals surface area contributed by atoms with Crippen molar-refractivity contribution in [3.05, 3.63) is 76.5 Å². The van der Waals surface area contributed by atoms with Crippen molar-refractivity contribution in [2.75, 3.05) is 5.32 Å². The van der Waals surface area contributed by atoms with Crippen LogP contribution in [0.15, 0.2) is 59.5 Å². The number of rotatable bonds is 3. The fourth-order valence-electron chi connectivity index (χ4n) is 2.17. The Morgan fingerprint density at radius 1 is 1.22 bits per heavy atom. The zero-order chi connectivity index (χ0) is 16.4. The number of halogens is 2. The van der Waals surface area contributed by atoms with E-state index in [1.165, 1.54) is 6.07 Å². The van der Waals surface area contributed by atoms with E-state index >= 15 is 0 Å². The van der Waals surface area contributed by atoms with E-state index in [-0.39, 0.29) is 5.56 Å². The molecule has 1 N–H and O–H groups in total. The third-order valence-corrected chi connectivity index (χ3v) is 3.93. The van der Waals surface area contributed by atoms with Gasteiger partial charge in [0.15, 0.2) is 0 Å². The van der Waals surface area contributed by atoms with Crippen LogP contribution in [-0.4, -0.2) is 15.5 Å². The largest absolute Gasteiger partial charge is 0.321 e. The molecule has 0 bridgehead atoms. The van der Waals surface area contributed by atoms with Crippen LogP contribution in [0.1, 0.15) is 16.1 Å². The summed E-state index contributed by atoms with van der Waals surface area (Å²) in [5, 5.41) is 2.71. The normalized spacial score (nSPS) is 10.6. The molecule has 23 heavy (non-hydrogen) atoms. The highest BCUT2D eigenvalue weighted by molar-refractivity contribution is 9.10. The monoisotopic (exact) mass is 373 g/mol. The van der Waals surface area contributed by atoms with Crippen LogP contribution in [-0.2, 0) is 0 Å². The standard InChI is InChI=1S/C17H13BrFN3O/c1-11-4-6-14(16(18)20-11)21-17(23)12-5-7-15(13(19)10-12)22-8-2-3-9-22/h2-10H,1H3,(H,21,23). The summed E-state index contributed by atoms with van der Waals surface area (Å²) in [4.78, 5) is 16.5. The van der Waals surface area contributed by atoms with Gasteiger partial charge in [-0.25, -0.2) is 9.37 Å².